The lowest BCUT2D eigenvalue weighted by Crippen LogP contribution is -2.35. The van der Waals surface area contributed by atoms with E-state index >= 15 is 0 Å². The molecule has 0 fully saturated rings. The molecule has 1 heterocycles. The lowest BCUT2D eigenvalue weighted by molar-refractivity contribution is -0.157. The zero-order chi connectivity index (χ0) is 23.0. The summed E-state index contributed by atoms with van der Waals surface area (Å²) < 4.78 is 16.7. The van der Waals surface area contributed by atoms with Crippen LogP contribution in [0, 0.1) is 12.8 Å². The van der Waals surface area contributed by atoms with E-state index in [1.165, 1.54) is 19.4 Å². The van der Waals surface area contributed by atoms with Gasteiger partial charge in [-0.2, -0.15) is 0 Å². The first kappa shape index (κ1) is 24.2. The fraction of sp³-hybridized carbons (Fsp3) is 0.458. The van der Waals surface area contributed by atoms with Crippen molar-refractivity contribution in [1.82, 2.24) is 4.98 Å². The first-order valence-electron chi connectivity index (χ1n) is 10.5. The van der Waals surface area contributed by atoms with Crippen LogP contribution in [-0.4, -0.2) is 41.2 Å². The molecule has 1 N–H and O–H groups in total. The van der Waals surface area contributed by atoms with Crippen LogP contribution in [0.1, 0.15) is 56.1 Å². The molecular weight excluding hydrogens is 398 g/mol. The van der Waals surface area contributed by atoms with Crippen LogP contribution in [0.25, 0.3) is 0 Å². The van der Waals surface area contributed by atoms with E-state index in [9.17, 15) is 14.7 Å². The summed E-state index contributed by atoms with van der Waals surface area (Å²) in [6, 6.07) is 9.16. The number of benzene rings is 1. The molecule has 2 aromatic rings. The Morgan fingerprint density at radius 2 is 1.81 bits per heavy atom. The molecule has 168 valence electrons. The van der Waals surface area contributed by atoms with Crippen LogP contribution >= 0.6 is 0 Å². The number of ether oxygens (including phenoxy) is 3. The predicted molar refractivity (Wildman–Crippen MR) is 117 cm³/mol. The maximum atomic E-state index is 12.6. The molecule has 0 unspecified atom stereocenters. The smallest absolute Gasteiger partial charge is 0.309 e. The number of carbonyl (C=O) groups is 2. The first-order chi connectivity index (χ1) is 14.8. The van der Waals surface area contributed by atoms with E-state index in [0.29, 0.717) is 0 Å². The molecule has 0 amide bonds. The number of aromatic hydroxyl groups is 1. The second-order valence-corrected chi connectivity index (χ2v) is 7.64. The number of aryl methyl sites for hydroxylation is 1. The van der Waals surface area contributed by atoms with E-state index in [4.69, 9.17) is 14.2 Å². The minimum Gasteiger partial charge on any atom is -0.503 e. The average Bonchev–Trinajstić information content (AvgIpc) is 2.74. The molecule has 7 heteroatoms. The monoisotopic (exact) mass is 429 g/mol. The lowest BCUT2D eigenvalue weighted by atomic mass is 10.0. The van der Waals surface area contributed by atoms with E-state index in [2.05, 4.69) is 4.98 Å². The van der Waals surface area contributed by atoms with Crippen LogP contribution in [0.15, 0.2) is 36.5 Å². The summed E-state index contributed by atoms with van der Waals surface area (Å²) in [6.07, 6.45) is 2.02. The highest BCUT2D eigenvalue weighted by atomic mass is 16.6. The topological polar surface area (TPSA) is 95.0 Å². The third-order valence-corrected chi connectivity index (χ3v) is 4.97. The molecule has 2 rings (SSSR count). The van der Waals surface area contributed by atoms with Crippen molar-refractivity contribution < 1.29 is 28.9 Å². The molecule has 31 heavy (non-hydrogen) atoms. The number of hydrogen-bond acceptors (Lipinski definition) is 7. The molecule has 1 aromatic carbocycles. The Hall–Kier alpha value is -3.09. The highest BCUT2D eigenvalue weighted by Crippen LogP contribution is 2.29. The van der Waals surface area contributed by atoms with Gasteiger partial charge in [0.25, 0.3) is 0 Å². The highest BCUT2D eigenvalue weighted by Gasteiger charge is 2.27. The maximum absolute atomic E-state index is 12.6. The Bertz CT molecular complexity index is 880. The Kier molecular flexibility index (Phi) is 8.85. The third kappa shape index (κ3) is 6.70. The molecule has 0 bridgehead atoms. The van der Waals surface area contributed by atoms with Gasteiger partial charge in [-0.25, -0.2) is 4.98 Å². The molecule has 0 saturated carbocycles. The zero-order valence-corrected chi connectivity index (χ0v) is 18.8. The number of ketones is 1. The van der Waals surface area contributed by atoms with Gasteiger partial charge < -0.3 is 19.3 Å². The SMILES string of the molecule is CCC[C@@H](Oc1ccc(C)cc1)[C@H](C)OC(=O)[C@H](C)CC(=O)c1nccc(OC)c1O. The molecule has 0 aliphatic heterocycles. The number of esters is 1. The molecule has 1 aromatic heterocycles. The number of rotatable bonds is 11. The van der Waals surface area contributed by atoms with Crippen LogP contribution in [0.3, 0.4) is 0 Å². The van der Waals surface area contributed by atoms with Crippen molar-refractivity contribution in [3.05, 3.63) is 47.8 Å². The van der Waals surface area contributed by atoms with E-state index in [0.717, 1.165) is 24.2 Å². The van der Waals surface area contributed by atoms with Crippen molar-refractivity contribution in [2.45, 2.75) is 59.2 Å². The van der Waals surface area contributed by atoms with Crippen molar-refractivity contribution >= 4 is 11.8 Å². The standard InChI is InChI=1S/C24H31NO6/c1-6-7-20(31-18-10-8-15(2)9-11-18)17(4)30-24(28)16(3)14-19(26)22-23(27)21(29-5)12-13-25-22/h8-13,16-17,20,27H,6-7,14H2,1-5H3/t16-,17+,20-/m1/s1. The Balaban J connectivity index is 1.99. The van der Waals surface area contributed by atoms with Crippen molar-refractivity contribution in [1.29, 1.82) is 0 Å². The summed E-state index contributed by atoms with van der Waals surface area (Å²) >= 11 is 0. The predicted octanol–water partition coefficient (Wildman–Crippen LogP) is 4.49. The molecule has 3 atom stereocenters. The van der Waals surface area contributed by atoms with Crippen molar-refractivity contribution in [2.24, 2.45) is 5.92 Å². The Labute approximate surface area is 183 Å². The summed E-state index contributed by atoms with van der Waals surface area (Å²) in [4.78, 5) is 29.0. The van der Waals surface area contributed by atoms with Gasteiger partial charge in [0.15, 0.2) is 23.0 Å². The highest BCUT2D eigenvalue weighted by molar-refractivity contribution is 5.99. The van der Waals surface area contributed by atoms with Gasteiger partial charge in [0.1, 0.15) is 18.0 Å². The van der Waals surface area contributed by atoms with Gasteiger partial charge in [-0.3, -0.25) is 9.59 Å². The minimum absolute atomic E-state index is 0.126. The van der Waals surface area contributed by atoms with Gasteiger partial charge in [-0.1, -0.05) is 38.0 Å². The van der Waals surface area contributed by atoms with Gasteiger partial charge in [0.2, 0.25) is 0 Å². The molecule has 0 saturated heterocycles. The summed E-state index contributed by atoms with van der Waals surface area (Å²) in [5, 5.41) is 10.1. The van der Waals surface area contributed by atoms with Crippen molar-refractivity contribution in [3.8, 4) is 17.2 Å². The van der Waals surface area contributed by atoms with Gasteiger partial charge in [0, 0.05) is 18.7 Å². The van der Waals surface area contributed by atoms with E-state index < -0.39 is 23.8 Å². The molecule has 7 nitrogen and oxygen atoms in total. The quantitative estimate of drug-likeness (QED) is 0.415. The maximum Gasteiger partial charge on any atom is 0.309 e. The number of carbonyl (C=O) groups excluding carboxylic acids is 2. The molecule has 0 radical (unpaired) electrons. The number of pyridine rings is 1. The molecular formula is C24H31NO6. The van der Waals surface area contributed by atoms with E-state index in [1.54, 1.807) is 13.8 Å². The number of aromatic nitrogens is 1. The van der Waals surface area contributed by atoms with E-state index in [-0.39, 0.29) is 29.7 Å². The number of Topliss-reactive ketones (excluding diaryl/α,β-unsaturated/α-hetero) is 1. The normalized spacial score (nSPS) is 13.7. The number of nitrogens with zero attached hydrogens (tertiary/aromatic N) is 1. The van der Waals surface area contributed by atoms with Crippen LogP contribution in [0.5, 0.6) is 17.2 Å². The summed E-state index contributed by atoms with van der Waals surface area (Å²) in [5.74, 6) is -1.14. The second-order valence-electron chi connectivity index (χ2n) is 7.64. The van der Waals surface area contributed by atoms with Gasteiger partial charge >= 0.3 is 5.97 Å². The first-order valence-corrected chi connectivity index (χ1v) is 10.5. The molecule has 0 aliphatic rings. The fourth-order valence-corrected chi connectivity index (χ4v) is 3.10. The van der Waals surface area contributed by atoms with Gasteiger partial charge in [-0.15, -0.1) is 0 Å². The van der Waals surface area contributed by atoms with Crippen LogP contribution in [0.4, 0.5) is 0 Å². The lowest BCUT2D eigenvalue weighted by Gasteiger charge is -2.26. The van der Waals surface area contributed by atoms with Crippen LogP contribution in [-0.2, 0) is 9.53 Å². The minimum atomic E-state index is -0.705. The van der Waals surface area contributed by atoms with E-state index in [1.807, 2.05) is 38.1 Å². The summed E-state index contributed by atoms with van der Waals surface area (Å²) in [7, 11) is 1.39. The fourth-order valence-electron chi connectivity index (χ4n) is 3.10. The largest absolute Gasteiger partial charge is 0.503 e. The zero-order valence-electron chi connectivity index (χ0n) is 18.8. The van der Waals surface area contributed by atoms with Crippen LogP contribution < -0.4 is 9.47 Å². The van der Waals surface area contributed by atoms with Gasteiger partial charge in [0.05, 0.1) is 13.0 Å². The Morgan fingerprint density at radius 1 is 1.13 bits per heavy atom. The Morgan fingerprint density at radius 3 is 2.42 bits per heavy atom. The van der Waals surface area contributed by atoms with Crippen molar-refractivity contribution in [2.75, 3.05) is 7.11 Å². The summed E-state index contributed by atoms with van der Waals surface area (Å²) in [5.41, 5.74) is 1.01. The number of methoxy groups -OCH3 is 1. The second kappa shape index (κ2) is 11.3. The summed E-state index contributed by atoms with van der Waals surface area (Å²) in [6.45, 7) is 7.44. The molecule has 0 aliphatic carbocycles. The van der Waals surface area contributed by atoms with Gasteiger partial charge in [-0.05, 0) is 32.4 Å². The average molecular weight is 430 g/mol. The van der Waals surface area contributed by atoms with Crippen molar-refractivity contribution in [3.63, 3.8) is 0 Å². The number of hydrogen-bond donors (Lipinski definition) is 1. The molecule has 0 spiro atoms. The third-order valence-electron chi connectivity index (χ3n) is 4.97. The van der Waals surface area contributed by atoms with Crippen LogP contribution in [0.2, 0.25) is 0 Å².